The van der Waals surface area contributed by atoms with Crippen molar-refractivity contribution in [1.82, 2.24) is 5.32 Å². The maximum absolute atomic E-state index is 12.7. The van der Waals surface area contributed by atoms with Gasteiger partial charge in [-0.05, 0) is 38.5 Å². The highest BCUT2D eigenvalue weighted by molar-refractivity contribution is 5.85. The molecule has 7 heteroatoms. The highest BCUT2D eigenvalue weighted by Gasteiger charge is 2.43. The van der Waals surface area contributed by atoms with Gasteiger partial charge in [0.15, 0.2) is 0 Å². The first-order chi connectivity index (χ1) is 8.80. The van der Waals surface area contributed by atoms with E-state index in [1.807, 2.05) is 0 Å². The van der Waals surface area contributed by atoms with E-state index >= 15 is 0 Å². The number of nitrogens with two attached hydrogens (primary N) is 1. The SMILES string of the molecule is Cl.NC1(CNC(=O)C2CCCC(C(F)(F)F)C2)CCC1. The van der Waals surface area contributed by atoms with Crippen LogP contribution in [-0.2, 0) is 4.79 Å². The summed E-state index contributed by atoms with van der Waals surface area (Å²) in [6.45, 7) is 0.388. The largest absolute Gasteiger partial charge is 0.391 e. The Labute approximate surface area is 123 Å². The van der Waals surface area contributed by atoms with Gasteiger partial charge in [0.25, 0.3) is 0 Å². The number of hydrogen-bond acceptors (Lipinski definition) is 2. The van der Waals surface area contributed by atoms with E-state index in [1.54, 1.807) is 0 Å². The molecule has 0 aliphatic heterocycles. The molecule has 2 rings (SSSR count). The molecule has 3 N–H and O–H groups in total. The number of carbonyl (C=O) groups excluding carboxylic acids is 1. The molecule has 0 saturated heterocycles. The zero-order valence-corrected chi connectivity index (χ0v) is 12.2. The minimum atomic E-state index is -4.18. The minimum Gasteiger partial charge on any atom is -0.354 e. The molecule has 0 aromatic heterocycles. The number of hydrogen-bond donors (Lipinski definition) is 2. The number of nitrogens with one attached hydrogen (secondary N) is 1. The van der Waals surface area contributed by atoms with Crippen LogP contribution < -0.4 is 11.1 Å². The van der Waals surface area contributed by atoms with Crippen LogP contribution in [0.2, 0.25) is 0 Å². The fraction of sp³-hybridized carbons (Fsp3) is 0.923. The van der Waals surface area contributed by atoms with E-state index in [1.165, 1.54) is 0 Å². The van der Waals surface area contributed by atoms with Crippen molar-refractivity contribution in [3.8, 4) is 0 Å². The highest BCUT2D eigenvalue weighted by Crippen LogP contribution is 2.40. The van der Waals surface area contributed by atoms with E-state index in [2.05, 4.69) is 5.32 Å². The molecule has 0 aromatic rings. The van der Waals surface area contributed by atoms with Gasteiger partial charge < -0.3 is 11.1 Å². The van der Waals surface area contributed by atoms with Crippen molar-refractivity contribution in [2.24, 2.45) is 17.6 Å². The second-order valence-electron chi connectivity index (χ2n) is 6.04. The van der Waals surface area contributed by atoms with Crippen molar-refractivity contribution >= 4 is 18.3 Å². The fourth-order valence-corrected chi connectivity index (χ4v) is 2.94. The van der Waals surface area contributed by atoms with Gasteiger partial charge in [0.1, 0.15) is 0 Å². The Morgan fingerprint density at radius 2 is 1.90 bits per heavy atom. The minimum absolute atomic E-state index is 0. The van der Waals surface area contributed by atoms with Crippen molar-refractivity contribution in [3.63, 3.8) is 0 Å². The summed E-state index contributed by atoms with van der Waals surface area (Å²) < 4.78 is 38.0. The quantitative estimate of drug-likeness (QED) is 0.841. The number of carbonyl (C=O) groups is 1. The summed E-state index contributed by atoms with van der Waals surface area (Å²) in [5, 5.41) is 2.74. The third-order valence-electron chi connectivity index (χ3n) is 4.47. The predicted octanol–water partition coefficient (Wildman–Crippen LogP) is 2.77. The van der Waals surface area contributed by atoms with Gasteiger partial charge in [0, 0.05) is 18.0 Å². The molecule has 1 amide bonds. The van der Waals surface area contributed by atoms with Crippen molar-refractivity contribution in [2.75, 3.05) is 6.54 Å². The molecule has 2 aliphatic carbocycles. The lowest BCUT2D eigenvalue weighted by Gasteiger charge is -2.38. The van der Waals surface area contributed by atoms with Crippen molar-refractivity contribution in [2.45, 2.75) is 56.7 Å². The van der Waals surface area contributed by atoms with Gasteiger partial charge in [-0.25, -0.2) is 0 Å². The molecule has 20 heavy (non-hydrogen) atoms. The van der Waals surface area contributed by atoms with Crippen LogP contribution in [-0.4, -0.2) is 24.2 Å². The number of alkyl halides is 3. The van der Waals surface area contributed by atoms with Crippen LogP contribution in [0.5, 0.6) is 0 Å². The second-order valence-corrected chi connectivity index (χ2v) is 6.04. The van der Waals surface area contributed by atoms with Crippen molar-refractivity contribution in [3.05, 3.63) is 0 Å². The molecule has 2 atom stereocenters. The molecule has 0 heterocycles. The molecule has 118 valence electrons. The lowest BCUT2D eigenvalue weighted by atomic mass is 9.77. The first-order valence-electron chi connectivity index (χ1n) is 6.93. The average molecular weight is 315 g/mol. The molecular weight excluding hydrogens is 293 g/mol. The lowest BCUT2D eigenvalue weighted by molar-refractivity contribution is -0.186. The van der Waals surface area contributed by atoms with E-state index in [-0.39, 0.29) is 36.7 Å². The maximum Gasteiger partial charge on any atom is 0.391 e. The van der Waals surface area contributed by atoms with Crippen LogP contribution in [0.3, 0.4) is 0 Å². The Kier molecular flexibility index (Phi) is 5.72. The average Bonchev–Trinajstić information content (AvgIpc) is 2.33. The Morgan fingerprint density at radius 3 is 2.40 bits per heavy atom. The third kappa shape index (κ3) is 4.25. The molecule has 2 saturated carbocycles. The summed E-state index contributed by atoms with van der Waals surface area (Å²) in [7, 11) is 0. The first-order valence-corrected chi connectivity index (χ1v) is 6.93. The number of amides is 1. The van der Waals surface area contributed by atoms with Gasteiger partial charge in [-0.3, -0.25) is 4.79 Å². The Balaban J connectivity index is 0.00000200. The van der Waals surface area contributed by atoms with Crippen LogP contribution in [0.4, 0.5) is 13.2 Å². The standard InChI is InChI=1S/C13H21F3N2O.ClH/c14-13(15,16)10-4-1-3-9(7-10)11(19)18-8-12(17)5-2-6-12;/h9-10H,1-8,17H2,(H,18,19);1H. The number of rotatable bonds is 3. The predicted molar refractivity (Wildman–Crippen MR) is 72.5 cm³/mol. The summed E-state index contributed by atoms with van der Waals surface area (Å²) in [5.74, 6) is -2.10. The lowest BCUT2D eigenvalue weighted by Crippen LogP contribution is -2.55. The molecule has 0 spiro atoms. The normalized spacial score (nSPS) is 29.0. The van der Waals surface area contributed by atoms with Crippen LogP contribution in [0.25, 0.3) is 0 Å². The molecular formula is C13H22ClF3N2O. The smallest absolute Gasteiger partial charge is 0.354 e. The molecule has 0 bridgehead atoms. The summed E-state index contributed by atoms with van der Waals surface area (Å²) >= 11 is 0. The van der Waals surface area contributed by atoms with Crippen LogP contribution in [0.15, 0.2) is 0 Å². The summed E-state index contributed by atoms with van der Waals surface area (Å²) in [4.78, 5) is 11.9. The van der Waals surface area contributed by atoms with E-state index in [0.717, 1.165) is 19.3 Å². The molecule has 0 aromatic carbocycles. The van der Waals surface area contributed by atoms with Crippen molar-refractivity contribution in [1.29, 1.82) is 0 Å². The van der Waals surface area contributed by atoms with Gasteiger partial charge in [0.2, 0.25) is 5.91 Å². The first kappa shape index (κ1) is 17.6. The summed E-state index contributed by atoms with van der Waals surface area (Å²) in [6.07, 6.45) is -0.271. The van der Waals surface area contributed by atoms with Gasteiger partial charge in [-0.1, -0.05) is 6.42 Å². The fourth-order valence-electron chi connectivity index (χ4n) is 2.94. The molecule has 0 radical (unpaired) electrons. The molecule has 3 nitrogen and oxygen atoms in total. The van der Waals surface area contributed by atoms with E-state index in [9.17, 15) is 18.0 Å². The van der Waals surface area contributed by atoms with E-state index in [4.69, 9.17) is 5.73 Å². The Hall–Kier alpha value is -0.490. The number of halogens is 4. The molecule has 2 unspecified atom stereocenters. The van der Waals surface area contributed by atoms with Crippen LogP contribution >= 0.6 is 12.4 Å². The van der Waals surface area contributed by atoms with Crippen LogP contribution in [0, 0.1) is 11.8 Å². The zero-order valence-electron chi connectivity index (χ0n) is 11.3. The second kappa shape index (κ2) is 6.52. The molecule has 2 aliphatic rings. The van der Waals surface area contributed by atoms with E-state index < -0.39 is 18.0 Å². The monoisotopic (exact) mass is 314 g/mol. The van der Waals surface area contributed by atoms with Gasteiger partial charge >= 0.3 is 6.18 Å². The Morgan fingerprint density at radius 1 is 1.25 bits per heavy atom. The van der Waals surface area contributed by atoms with Crippen LogP contribution in [0.1, 0.15) is 44.9 Å². The van der Waals surface area contributed by atoms with Gasteiger partial charge in [0.05, 0.1) is 5.92 Å². The third-order valence-corrected chi connectivity index (χ3v) is 4.47. The topological polar surface area (TPSA) is 55.1 Å². The van der Waals surface area contributed by atoms with Gasteiger partial charge in [-0.2, -0.15) is 13.2 Å². The maximum atomic E-state index is 12.7. The highest BCUT2D eigenvalue weighted by atomic mass is 35.5. The summed E-state index contributed by atoms with van der Waals surface area (Å²) in [5.41, 5.74) is 5.66. The zero-order chi connectivity index (χ0) is 14.1. The Bertz CT molecular complexity index is 345. The molecule has 2 fully saturated rings. The summed E-state index contributed by atoms with van der Waals surface area (Å²) in [6, 6.07) is 0. The van der Waals surface area contributed by atoms with Gasteiger partial charge in [-0.15, -0.1) is 12.4 Å². The van der Waals surface area contributed by atoms with E-state index in [0.29, 0.717) is 19.4 Å². The van der Waals surface area contributed by atoms with Crippen molar-refractivity contribution < 1.29 is 18.0 Å².